The van der Waals surface area contributed by atoms with Crippen molar-refractivity contribution in [2.24, 2.45) is 11.8 Å². The normalized spacial score (nSPS) is 23.6. The first kappa shape index (κ1) is 13.1. The van der Waals surface area contributed by atoms with E-state index in [1.807, 2.05) is 12.1 Å². The Morgan fingerprint density at radius 3 is 2.53 bits per heavy atom. The zero-order chi connectivity index (χ0) is 12.5. The molecular weight excluding hydrogens is 304 g/mol. The second kappa shape index (κ2) is 5.08. The molecule has 5 heteroatoms. The molecule has 0 amide bonds. The predicted molar refractivity (Wildman–Crippen MR) is 70.2 cm³/mol. The van der Waals surface area contributed by atoms with Gasteiger partial charge in [0.15, 0.2) is 0 Å². The zero-order valence-corrected chi connectivity index (χ0v) is 12.0. The highest BCUT2D eigenvalue weighted by atomic mass is 79.9. The van der Waals surface area contributed by atoms with Crippen molar-refractivity contribution < 1.29 is 12.6 Å². The lowest BCUT2D eigenvalue weighted by molar-refractivity contribution is 0.297. The molecule has 1 aromatic rings. The lowest BCUT2D eigenvalue weighted by Gasteiger charge is -2.02. The van der Waals surface area contributed by atoms with Gasteiger partial charge < -0.3 is 0 Å². The molecule has 0 N–H and O–H groups in total. The van der Waals surface area contributed by atoms with E-state index < -0.39 is 10.1 Å². The summed E-state index contributed by atoms with van der Waals surface area (Å²) in [6, 6.07) is 8.24. The molecule has 1 aliphatic carbocycles. The minimum atomic E-state index is -3.29. The standard InChI is InChI=1S/C12H15BrO3S/c1-17(14,15)16-8-11-7-10(11)6-9-2-4-12(13)5-3-9/h2-5,10-11H,6-8H2,1H3. The summed E-state index contributed by atoms with van der Waals surface area (Å²) in [5, 5.41) is 0. The molecule has 94 valence electrons. The maximum absolute atomic E-state index is 10.8. The van der Waals surface area contributed by atoms with Gasteiger partial charge in [0.1, 0.15) is 0 Å². The van der Waals surface area contributed by atoms with E-state index in [0.29, 0.717) is 18.4 Å². The first-order valence-electron chi connectivity index (χ1n) is 5.53. The van der Waals surface area contributed by atoms with Crippen LogP contribution in [0.2, 0.25) is 0 Å². The van der Waals surface area contributed by atoms with Gasteiger partial charge in [-0.15, -0.1) is 0 Å². The topological polar surface area (TPSA) is 43.4 Å². The Kier molecular flexibility index (Phi) is 3.90. The number of rotatable bonds is 5. The minimum absolute atomic E-state index is 0.333. The molecule has 0 aromatic heterocycles. The summed E-state index contributed by atoms with van der Waals surface area (Å²) in [5.74, 6) is 0.964. The fourth-order valence-electron chi connectivity index (χ4n) is 1.90. The van der Waals surface area contributed by atoms with E-state index in [9.17, 15) is 8.42 Å². The maximum Gasteiger partial charge on any atom is 0.264 e. The molecule has 1 saturated carbocycles. The van der Waals surface area contributed by atoms with Gasteiger partial charge in [0.25, 0.3) is 10.1 Å². The van der Waals surface area contributed by atoms with Crippen LogP contribution in [0.3, 0.4) is 0 Å². The average molecular weight is 319 g/mol. The summed E-state index contributed by atoms with van der Waals surface area (Å²) < 4.78 is 27.6. The van der Waals surface area contributed by atoms with Crippen LogP contribution in [0.5, 0.6) is 0 Å². The fraction of sp³-hybridized carbons (Fsp3) is 0.500. The molecule has 3 nitrogen and oxygen atoms in total. The number of halogens is 1. The maximum atomic E-state index is 10.8. The van der Waals surface area contributed by atoms with Crippen molar-refractivity contribution in [3.63, 3.8) is 0 Å². The summed E-state index contributed by atoms with van der Waals surface area (Å²) in [4.78, 5) is 0. The van der Waals surface area contributed by atoms with Crippen LogP contribution in [0.15, 0.2) is 28.7 Å². The largest absolute Gasteiger partial charge is 0.270 e. The van der Waals surface area contributed by atoms with E-state index in [2.05, 4.69) is 28.1 Å². The zero-order valence-electron chi connectivity index (χ0n) is 9.60. The predicted octanol–water partition coefficient (Wildman–Crippen LogP) is 2.60. The molecule has 0 saturated heterocycles. The summed E-state index contributed by atoms with van der Waals surface area (Å²) in [6.07, 6.45) is 3.16. The molecule has 0 heterocycles. The Bertz CT molecular complexity index is 481. The second-order valence-electron chi connectivity index (χ2n) is 4.58. The monoisotopic (exact) mass is 318 g/mol. The molecule has 0 aliphatic heterocycles. The van der Waals surface area contributed by atoms with Crippen LogP contribution in [-0.2, 0) is 20.7 Å². The van der Waals surface area contributed by atoms with Crippen LogP contribution in [0.1, 0.15) is 12.0 Å². The van der Waals surface area contributed by atoms with Gasteiger partial charge in [-0.3, -0.25) is 4.18 Å². The van der Waals surface area contributed by atoms with Gasteiger partial charge in [-0.1, -0.05) is 28.1 Å². The first-order valence-corrected chi connectivity index (χ1v) is 8.14. The van der Waals surface area contributed by atoms with E-state index in [1.165, 1.54) is 5.56 Å². The van der Waals surface area contributed by atoms with Crippen LogP contribution in [0.25, 0.3) is 0 Å². The third kappa shape index (κ3) is 4.41. The van der Waals surface area contributed by atoms with E-state index in [4.69, 9.17) is 4.18 Å². The Labute approximate surface area is 110 Å². The Hall–Kier alpha value is -0.390. The van der Waals surface area contributed by atoms with Crippen molar-refractivity contribution >= 4 is 26.0 Å². The molecule has 2 unspecified atom stereocenters. The summed E-state index contributed by atoms with van der Waals surface area (Å²) in [6.45, 7) is 0.333. The third-order valence-corrected chi connectivity index (χ3v) is 4.07. The molecular formula is C12H15BrO3S. The minimum Gasteiger partial charge on any atom is -0.270 e. The van der Waals surface area contributed by atoms with Crippen LogP contribution < -0.4 is 0 Å². The van der Waals surface area contributed by atoms with Gasteiger partial charge >= 0.3 is 0 Å². The van der Waals surface area contributed by atoms with E-state index in [0.717, 1.165) is 23.6 Å². The van der Waals surface area contributed by atoms with Gasteiger partial charge in [-0.05, 0) is 42.4 Å². The molecule has 1 aromatic carbocycles. The molecule has 2 atom stereocenters. The van der Waals surface area contributed by atoms with Crippen molar-refractivity contribution in [2.45, 2.75) is 12.8 Å². The lowest BCUT2D eigenvalue weighted by Crippen LogP contribution is -2.06. The molecule has 2 rings (SSSR count). The number of hydrogen-bond donors (Lipinski definition) is 0. The highest BCUT2D eigenvalue weighted by molar-refractivity contribution is 9.10. The number of hydrogen-bond acceptors (Lipinski definition) is 3. The molecule has 1 fully saturated rings. The van der Waals surface area contributed by atoms with Crippen LogP contribution in [-0.4, -0.2) is 21.3 Å². The van der Waals surface area contributed by atoms with Crippen molar-refractivity contribution in [3.05, 3.63) is 34.3 Å². The molecule has 0 radical (unpaired) electrons. The second-order valence-corrected chi connectivity index (χ2v) is 7.13. The van der Waals surface area contributed by atoms with E-state index >= 15 is 0 Å². The highest BCUT2D eigenvalue weighted by Gasteiger charge is 2.37. The van der Waals surface area contributed by atoms with Gasteiger partial charge in [-0.2, -0.15) is 8.42 Å². The van der Waals surface area contributed by atoms with Gasteiger partial charge in [-0.25, -0.2) is 0 Å². The van der Waals surface area contributed by atoms with E-state index in [1.54, 1.807) is 0 Å². The van der Waals surface area contributed by atoms with Crippen molar-refractivity contribution in [1.82, 2.24) is 0 Å². The molecule has 1 aliphatic rings. The Balaban J connectivity index is 1.78. The van der Waals surface area contributed by atoms with Crippen LogP contribution in [0, 0.1) is 11.8 Å². The molecule has 0 bridgehead atoms. The first-order chi connectivity index (χ1) is 7.94. The lowest BCUT2D eigenvalue weighted by atomic mass is 10.1. The van der Waals surface area contributed by atoms with Gasteiger partial charge in [0.2, 0.25) is 0 Å². The van der Waals surface area contributed by atoms with Crippen LogP contribution in [0.4, 0.5) is 0 Å². The average Bonchev–Trinajstić information content (AvgIpc) is 2.96. The van der Waals surface area contributed by atoms with Crippen molar-refractivity contribution in [3.8, 4) is 0 Å². The highest BCUT2D eigenvalue weighted by Crippen LogP contribution is 2.41. The Morgan fingerprint density at radius 1 is 1.29 bits per heavy atom. The smallest absolute Gasteiger partial charge is 0.264 e. The van der Waals surface area contributed by atoms with Crippen molar-refractivity contribution in [1.29, 1.82) is 0 Å². The molecule has 17 heavy (non-hydrogen) atoms. The third-order valence-electron chi connectivity index (χ3n) is 2.98. The summed E-state index contributed by atoms with van der Waals surface area (Å²) in [5.41, 5.74) is 1.29. The fourth-order valence-corrected chi connectivity index (χ4v) is 2.58. The summed E-state index contributed by atoms with van der Waals surface area (Å²) >= 11 is 3.40. The molecule has 0 spiro atoms. The van der Waals surface area contributed by atoms with Crippen LogP contribution >= 0.6 is 15.9 Å². The van der Waals surface area contributed by atoms with E-state index in [-0.39, 0.29) is 0 Å². The Morgan fingerprint density at radius 2 is 1.94 bits per heavy atom. The van der Waals surface area contributed by atoms with Gasteiger partial charge in [0, 0.05) is 4.47 Å². The van der Waals surface area contributed by atoms with Gasteiger partial charge in [0.05, 0.1) is 12.9 Å². The summed E-state index contributed by atoms with van der Waals surface area (Å²) in [7, 11) is -3.29. The van der Waals surface area contributed by atoms with Crippen molar-refractivity contribution in [2.75, 3.05) is 12.9 Å². The quantitative estimate of drug-likeness (QED) is 0.784. The number of benzene rings is 1. The SMILES string of the molecule is CS(=O)(=O)OCC1CC1Cc1ccc(Br)cc1.